The summed E-state index contributed by atoms with van der Waals surface area (Å²) in [4.78, 5) is 0. The second-order valence-corrected chi connectivity index (χ2v) is 8.42. The lowest BCUT2D eigenvalue weighted by Crippen LogP contribution is -2.04. The smallest absolute Gasteiger partial charge is 0.387 e. The van der Waals surface area contributed by atoms with Crippen LogP contribution in [0, 0.1) is 11.6 Å². The number of alkyl halides is 2. The van der Waals surface area contributed by atoms with Gasteiger partial charge in [0.25, 0.3) is 0 Å². The van der Waals surface area contributed by atoms with E-state index in [0.717, 1.165) is 35.4 Å². The molecular weight excluding hydrogens is 452 g/mol. The molecule has 4 aromatic carbocycles. The van der Waals surface area contributed by atoms with E-state index in [0.29, 0.717) is 29.4 Å². The number of allylic oxidation sites excluding steroid dienone is 2. The minimum absolute atomic E-state index is 0.300. The van der Waals surface area contributed by atoms with Gasteiger partial charge in [0.05, 0.1) is 0 Å². The van der Waals surface area contributed by atoms with Crippen LogP contribution in [0.1, 0.15) is 30.0 Å². The van der Waals surface area contributed by atoms with Crippen LogP contribution < -0.4 is 4.74 Å². The van der Waals surface area contributed by atoms with Crippen LogP contribution in [-0.2, 0) is 19.3 Å². The highest BCUT2D eigenvalue weighted by Crippen LogP contribution is 2.29. The Morgan fingerprint density at radius 1 is 0.771 bits per heavy atom. The molecule has 0 atom stereocenters. The lowest BCUT2D eigenvalue weighted by Gasteiger charge is -2.10. The van der Waals surface area contributed by atoms with Gasteiger partial charge in [-0.3, -0.25) is 0 Å². The number of hydrogen-bond donors (Lipinski definition) is 0. The Labute approximate surface area is 202 Å². The van der Waals surface area contributed by atoms with E-state index in [2.05, 4.69) is 41.2 Å². The van der Waals surface area contributed by atoms with Crippen LogP contribution in [0.2, 0.25) is 0 Å². The van der Waals surface area contributed by atoms with Crippen molar-refractivity contribution in [3.05, 3.63) is 113 Å². The zero-order chi connectivity index (χ0) is 24.8. The molecule has 0 aliphatic carbocycles. The highest BCUT2D eigenvalue weighted by molar-refractivity contribution is 5.88. The Morgan fingerprint density at radius 2 is 1.51 bits per heavy atom. The Morgan fingerprint density at radius 3 is 2.23 bits per heavy atom. The zero-order valence-electron chi connectivity index (χ0n) is 19.4. The number of benzene rings is 4. The van der Waals surface area contributed by atoms with E-state index in [1.807, 2.05) is 25.1 Å². The zero-order valence-corrected chi connectivity index (χ0v) is 19.4. The average Bonchev–Trinajstić information content (AvgIpc) is 2.85. The van der Waals surface area contributed by atoms with Crippen LogP contribution in [0.15, 0.2) is 84.9 Å². The van der Waals surface area contributed by atoms with Crippen LogP contribution in [-0.4, -0.2) is 6.61 Å². The summed E-state index contributed by atoms with van der Waals surface area (Å²) in [6.07, 6.45) is 6.94. The largest absolute Gasteiger partial charge is 0.432 e. The Bertz CT molecular complexity index is 1330. The lowest BCUT2D eigenvalue weighted by atomic mass is 9.96. The third-order valence-electron chi connectivity index (χ3n) is 6.05. The molecule has 0 N–H and O–H groups in total. The summed E-state index contributed by atoms with van der Waals surface area (Å²) in [5, 5.41) is 1.33. The molecule has 4 rings (SSSR count). The first-order chi connectivity index (χ1) is 16.9. The van der Waals surface area contributed by atoms with Gasteiger partial charge in [-0.15, -0.1) is 0 Å². The fraction of sp³-hybridized carbons (Fsp3) is 0.200. The molecule has 180 valence electrons. The lowest BCUT2D eigenvalue weighted by molar-refractivity contribution is -0.0522. The normalized spacial score (nSPS) is 11.6. The maximum absolute atomic E-state index is 15.2. The van der Waals surface area contributed by atoms with E-state index in [9.17, 15) is 13.2 Å². The highest BCUT2D eigenvalue weighted by Gasteiger charge is 2.12. The molecule has 1 nitrogen and oxygen atoms in total. The SMILES string of the molecule is C/C=C/CCc1ccc(-c2ccc3c(F)c(CCc4ccc(OC(F)F)c(F)c4)ccc3c2)cc1. The Kier molecular flexibility index (Phi) is 7.86. The van der Waals surface area contributed by atoms with Gasteiger partial charge in [0, 0.05) is 5.39 Å². The third-order valence-corrected chi connectivity index (χ3v) is 6.05. The summed E-state index contributed by atoms with van der Waals surface area (Å²) in [5.74, 6) is -1.66. The molecule has 0 aliphatic heterocycles. The van der Waals surface area contributed by atoms with Crippen molar-refractivity contribution in [3.8, 4) is 16.9 Å². The van der Waals surface area contributed by atoms with Crippen LogP contribution in [0.5, 0.6) is 5.75 Å². The summed E-state index contributed by atoms with van der Waals surface area (Å²) in [6, 6.07) is 21.6. The van der Waals surface area contributed by atoms with Gasteiger partial charge in [0.2, 0.25) is 0 Å². The third kappa shape index (κ3) is 6.10. The van der Waals surface area contributed by atoms with Crippen molar-refractivity contribution in [2.24, 2.45) is 0 Å². The molecule has 5 heteroatoms. The van der Waals surface area contributed by atoms with Crippen LogP contribution in [0.3, 0.4) is 0 Å². The van der Waals surface area contributed by atoms with Gasteiger partial charge in [-0.25, -0.2) is 8.78 Å². The van der Waals surface area contributed by atoms with Crippen molar-refractivity contribution in [1.29, 1.82) is 0 Å². The van der Waals surface area contributed by atoms with Gasteiger partial charge in [-0.1, -0.05) is 66.7 Å². The highest BCUT2D eigenvalue weighted by atomic mass is 19.3. The fourth-order valence-electron chi connectivity index (χ4n) is 4.16. The maximum Gasteiger partial charge on any atom is 0.387 e. The van der Waals surface area contributed by atoms with Crippen molar-refractivity contribution in [2.75, 3.05) is 0 Å². The molecule has 0 heterocycles. The molecule has 0 fully saturated rings. The number of ether oxygens (including phenoxy) is 1. The first-order valence-corrected chi connectivity index (χ1v) is 11.6. The second-order valence-electron chi connectivity index (χ2n) is 8.42. The van der Waals surface area contributed by atoms with Gasteiger partial charge in [-0.05, 0) is 84.0 Å². The number of rotatable bonds is 9. The molecule has 0 amide bonds. The van der Waals surface area contributed by atoms with Crippen molar-refractivity contribution in [2.45, 2.75) is 39.2 Å². The van der Waals surface area contributed by atoms with Gasteiger partial charge < -0.3 is 4.74 Å². The van der Waals surface area contributed by atoms with Crippen LogP contribution in [0.4, 0.5) is 17.6 Å². The summed E-state index contributed by atoms with van der Waals surface area (Å²) >= 11 is 0. The molecule has 0 bridgehead atoms. The minimum Gasteiger partial charge on any atom is -0.432 e. The molecule has 0 aromatic heterocycles. The van der Waals surface area contributed by atoms with Crippen LogP contribution in [0.25, 0.3) is 21.9 Å². The van der Waals surface area contributed by atoms with Gasteiger partial charge in [-0.2, -0.15) is 8.78 Å². The Hall–Kier alpha value is -3.60. The number of hydrogen-bond acceptors (Lipinski definition) is 1. The summed E-state index contributed by atoms with van der Waals surface area (Å²) in [5.41, 5.74) is 4.47. The first kappa shape index (κ1) is 24.5. The van der Waals surface area contributed by atoms with Gasteiger partial charge in [0.15, 0.2) is 11.6 Å². The number of aryl methyl sites for hydroxylation is 3. The topological polar surface area (TPSA) is 9.23 Å². The average molecular weight is 479 g/mol. The maximum atomic E-state index is 15.2. The fourth-order valence-corrected chi connectivity index (χ4v) is 4.16. The van der Waals surface area contributed by atoms with Crippen molar-refractivity contribution in [1.82, 2.24) is 0 Å². The van der Waals surface area contributed by atoms with Crippen molar-refractivity contribution >= 4 is 10.8 Å². The number of fused-ring (bicyclic) bond motifs is 1. The number of halogens is 4. The van der Waals surface area contributed by atoms with Crippen molar-refractivity contribution in [3.63, 3.8) is 0 Å². The van der Waals surface area contributed by atoms with Crippen LogP contribution >= 0.6 is 0 Å². The molecule has 0 radical (unpaired) electrons. The minimum atomic E-state index is -3.09. The Balaban J connectivity index is 1.48. The summed E-state index contributed by atoms with van der Waals surface area (Å²) in [6.45, 7) is -1.07. The molecule has 0 aliphatic rings. The second kappa shape index (κ2) is 11.2. The van der Waals surface area contributed by atoms with E-state index in [1.165, 1.54) is 17.7 Å². The molecule has 0 saturated heterocycles. The predicted octanol–water partition coefficient (Wildman–Crippen LogP) is 8.68. The van der Waals surface area contributed by atoms with E-state index in [4.69, 9.17) is 0 Å². The molecule has 0 spiro atoms. The molecule has 0 saturated carbocycles. The molecule has 0 unspecified atom stereocenters. The van der Waals surface area contributed by atoms with E-state index in [-0.39, 0.29) is 5.82 Å². The quantitative estimate of drug-likeness (QED) is 0.173. The monoisotopic (exact) mass is 478 g/mol. The predicted molar refractivity (Wildman–Crippen MR) is 133 cm³/mol. The molecule has 35 heavy (non-hydrogen) atoms. The van der Waals surface area contributed by atoms with Gasteiger partial charge in [0.1, 0.15) is 5.82 Å². The first-order valence-electron chi connectivity index (χ1n) is 11.6. The van der Waals surface area contributed by atoms with Crippen molar-refractivity contribution < 1.29 is 22.3 Å². The van der Waals surface area contributed by atoms with Gasteiger partial charge >= 0.3 is 6.61 Å². The molecule has 4 aromatic rings. The van der Waals surface area contributed by atoms with E-state index >= 15 is 4.39 Å². The van der Waals surface area contributed by atoms with E-state index in [1.54, 1.807) is 12.1 Å². The van der Waals surface area contributed by atoms with E-state index < -0.39 is 18.2 Å². The standard InChI is InChI=1S/C30H26F4O/c1-2-3-4-5-20-6-10-22(11-7-20)24-15-16-26-25(19-24)14-13-23(29(26)32)12-8-21-9-17-28(27(31)18-21)35-30(33)34/h2-3,6-7,9-11,13-19,30H,4-5,8,12H2,1H3/b3-2+. The molecular formula is C30H26F4O. The summed E-state index contributed by atoms with van der Waals surface area (Å²) in [7, 11) is 0. The summed E-state index contributed by atoms with van der Waals surface area (Å²) < 4.78 is 57.9.